The molecule has 0 saturated carbocycles. The fourth-order valence-corrected chi connectivity index (χ4v) is 8.10. The zero-order valence-electron chi connectivity index (χ0n) is 30.4. The normalized spacial score (nSPS) is 18.6. The SMILES string of the molecule is CCn1cc(C(=O)O)c(=O)c2cc(F)c(N3CCN(C(=O)OCC4=C(C(=O)O)N5C(=O)[C@@H](NC(=O)/C(=N\OC(C)(C)C(=O)O)c6csc(N)n6)[C@H]5SC4)CC3)cc21. The van der Waals surface area contributed by atoms with Crippen molar-refractivity contribution in [3.63, 3.8) is 0 Å². The van der Waals surface area contributed by atoms with Crippen LogP contribution in [-0.4, -0.2) is 132 Å². The molecule has 5 heterocycles. The van der Waals surface area contributed by atoms with Gasteiger partial charge in [-0.25, -0.2) is 28.6 Å². The maximum atomic E-state index is 15.3. The average molecular weight is 831 g/mol. The van der Waals surface area contributed by atoms with E-state index in [-0.39, 0.29) is 59.4 Å². The summed E-state index contributed by atoms with van der Waals surface area (Å²) in [6.45, 7) is 4.54. The van der Waals surface area contributed by atoms with Crippen LogP contribution < -0.4 is 21.4 Å². The number of oxime groups is 1. The first kappa shape index (κ1) is 40.4. The van der Waals surface area contributed by atoms with Gasteiger partial charge in [-0.05, 0) is 32.9 Å². The van der Waals surface area contributed by atoms with Gasteiger partial charge in [0.05, 0.1) is 11.2 Å². The first-order valence-electron chi connectivity index (χ1n) is 17.1. The van der Waals surface area contributed by atoms with Gasteiger partial charge in [-0.15, -0.1) is 23.1 Å². The van der Waals surface area contributed by atoms with E-state index in [1.54, 1.807) is 16.4 Å². The number of thioether (sulfide) groups is 1. The molecule has 6 N–H and O–H groups in total. The molecular formula is C34H35FN8O12S2. The Balaban J connectivity index is 1.09. The summed E-state index contributed by atoms with van der Waals surface area (Å²) in [4.78, 5) is 101. The van der Waals surface area contributed by atoms with Crippen molar-refractivity contribution >= 4 is 86.3 Å². The van der Waals surface area contributed by atoms with Crippen LogP contribution in [0.4, 0.5) is 20.0 Å². The Morgan fingerprint density at radius 3 is 2.39 bits per heavy atom. The van der Waals surface area contributed by atoms with Gasteiger partial charge in [0.15, 0.2) is 10.8 Å². The summed E-state index contributed by atoms with van der Waals surface area (Å²) < 4.78 is 22.3. The zero-order chi connectivity index (χ0) is 41.5. The number of β-lactam (4-membered cyclic amide) rings is 1. The summed E-state index contributed by atoms with van der Waals surface area (Å²) in [7, 11) is 0. The number of hydrogen-bond acceptors (Lipinski definition) is 15. The van der Waals surface area contributed by atoms with Gasteiger partial charge in [0.25, 0.3) is 11.8 Å². The molecule has 23 heteroatoms. The third kappa shape index (κ3) is 7.79. The van der Waals surface area contributed by atoms with E-state index in [1.165, 1.54) is 36.4 Å². The molecule has 57 heavy (non-hydrogen) atoms. The number of nitrogens with zero attached hydrogens (tertiary/aromatic N) is 6. The van der Waals surface area contributed by atoms with Crippen molar-refractivity contribution < 1.29 is 58.1 Å². The van der Waals surface area contributed by atoms with Crippen molar-refractivity contribution in [3.8, 4) is 0 Å². The van der Waals surface area contributed by atoms with Crippen molar-refractivity contribution in [2.45, 2.75) is 44.3 Å². The molecular weight excluding hydrogens is 796 g/mol. The highest BCUT2D eigenvalue weighted by Gasteiger charge is 2.54. The first-order valence-corrected chi connectivity index (χ1v) is 19.0. The minimum atomic E-state index is -1.83. The maximum Gasteiger partial charge on any atom is 0.410 e. The van der Waals surface area contributed by atoms with Crippen LogP contribution in [-0.2, 0) is 35.3 Å². The summed E-state index contributed by atoms with van der Waals surface area (Å²) in [5, 5.41) is 35.6. The van der Waals surface area contributed by atoms with Crippen molar-refractivity contribution in [2.24, 2.45) is 5.16 Å². The molecule has 3 aliphatic rings. The molecule has 2 atom stereocenters. The second kappa shape index (κ2) is 15.7. The lowest BCUT2D eigenvalue weighted by molar-refractivity contribution is -0.161. The number of piperazine rings is 1. The van der Waals surface area contributed by atoms with Crippen molar-refractivity contribution in [1.82, 2.24) is 24.7 Å². The fraction of sp³-hybridized carbons (Fsp3) is 0.382. The van der Waals surface area contributed by atoms with Crippen molar-refractivity contribution in [3.05, 3.63) is 62.3 Å². The number of aromatic carboxylic acids is 1. The molecule has 0 radical (unpaired) electrons. The molecule has 3 aliphatic heterocycles. The number of fused-ring (bicyclic) bond motifs is 2. The van der Waals surface area contributed by atoms with E-state index in [0.29, 0.717) is 12.1 Å². The number of hydrogen-bond donors (Lipinski definition) is 5. The smallest absolute Gasteiger partial charge is 0.410 e. The summed E-state index contributed by atoms with van der Waals surface area (Å²) in [6, 6.07) is 1.27. The molecule has 0 unspecified atom stereocenters. The first-order chi connectivity index (χ1) is 26.9. The van der Waals surface area contributed by atoms with E-state index in [2.05, 4.69) is 15.5 Å². The van der Waals surface area contributed by atoms with Crippen LogP contribution in [0.2, 0.25) is 0 Å². The number of ether oxygens (including phenoxy) is 1. The van der Waals surface area contributed by atoms with Gasteiger partial charge in [-0.3, -0.25) is 19.3 Å². The number of nitrogen functional groups attached to an aromatic ring is 1. The standard InChI is InChI=1S/C34H35FN8O12S2/c1-4-40-11-17(29(47)48)25(44)16-9-18(35)21(10-20(16)40)41-5-7-42(8-6-41)33(53)54-12-15-13-56-28-23(27(46)43(28)24(15)30(49)50)38-26(45)22(19-14-57-32(36)37-19)39-55-34(2,3)31(51)52/h9-11,14,23,28H,4-8,12-13H2,1-3H3,(H2,36,37)(H,38,45)(H,47,48)(H,49,50)(H,51,52)/b39-22-/t23-,28-/m1/s1. The zero-order valence-corrected chi connectivity index (χ0v) is 32.0. The number of benzene rings is 1. The number of aromatic nitrogens is 2. The molecule has 2 fully saturated rings. The molecule has 0 spiro atoms. The van der Waals surface area contributed by atoms with Crippen LogP contribution in [0, 0.1) is 5.82 Å². The molecule has 2 saturated heterocycles. The van der Waals surface area contributed by atoms with Crippen LogP contribution in [0.1, 0.15) is 36.8 Å². The van der Waals surface area contributed by atoms with E-state index < -0.39 is 87.7 Å². The molecule has 302 valence electrons. The number of rotatable bonds is 12. The molecule has 1 aromatic carbocycles. The highest BCUT2D eigenvalue weighted by atomic mass is 32.2. The molecule has 3 amide bonds. The van der Waals surface area contributed by atoms with Crippen molar-refractivity contribution in [1.29, 1.82) is 0 Å². The Morgan fingerprint density at radius 1 is 1.09 bits per heavy atom. The predicted molar refractivity (Wildman–Crippen MR) is 201 cm³/mol. The lowest BCUT2D eigenvalue weighted by Gasteiger charge is -2.49. The number of nitrogens with two attached hydrogens (primary N) is 1. The fourth-order valence-electron chi connectivity index (χ4n) is 6.23. The molecule has 6 rings (SSSR count). The molecule has 3 aromatic rings. The number of carbonyl (C=O) groups is 6. The summed E-state index contributed by atoms with van der Waals surface area (Å²) in [5.41, 5.74) is 2.30. The predicted octanol–water partition coefficient (Wildman–Crippen LogP) is 1.18. The van der Waals surface area contributed by atoms with E-state index in [0.717, 1.165) is 34.1 Å². The number of carbonyl (C=O) groups excluding carboxylic acids is 3. The van der Waals surface area contributed by atoms with Crippen LogP contribution in [0.5, 0.6) is 0 Å². The number of carboxylic acids is 3. The number of carboxylic acid groups (broad SMARTS) is 3. The maximum absolute atomic E-state index is 15.3. The van der Waals surface area contributed by atoms with Crippen LogP contribution >= 0.6 is 23.1 Å². The van der Waals surface area contributed by atoms with Crippen LogP contribution in [0.15, 0.2) is 44.9 Å². The van der Waals surface area contributed by atoms with Gasteiger partial charge in [-0.2, -0.15) is 0 Å². The minimum Gasteiger partial charge on any atom is -0.478 e. The number of halogens is 1. The monoisotopic (exact) mass is 830 g/mol. The number of anilines is 2. The molecule has 0 bridgehead atoms. The third-order valence-electron chi connectivity index (χ3n) is 9.36. The van der Waals surface area contributed by atoms with Gasteiger partial charge in [0.2, 0.25) is 11.0 Å². The largest absolute Gasteiger partial charge is 0.478 e. The number of pyridine rings is 1. The summed E-state index contributed by atoms with van der Waals surface area (Å²) in [6.07, 6.45) is 0.437. The van der Waals surface area contributed by atoms with Gasteiger partial charge in [0.1, 0.15) is 40.8 Å². The lowest BCUT2D eigenvalue weighted by atomic mass is 10.0. The molecule has 0 aliphatic carbocycles. The third-order valence-corrected chi connectivity index (χ3v) is 11.4. The van der Waals surface area contributed by atoms with E-state index in [1.807, 2.05) is 0 Å². The van der Waals surface area contributed by atoms with Gasteiger partial charge >= 0.3 is 24.0 Å². The Hall–Kier alpha value is -6.23. The van der Waals surface area contributed by atoms with Gasteiger partial charge in [-0.1, -0.05) is 5.16 Å². The van der Waals surface area contributed by atoms with E-state index in [9.17, 15) is 48.9 Å². The average Bonchev–Trinajstić information content (AvgIpc) is 3.60. The Bertz CT molecular complexity index is 2340. The minimum absolute atomic E-state index is 0.0149. The summed E-state index contributed by atoms with van der Waals surface area (Å²) in [5.74, 6) is -6.72. The van der Waals surface area contributed by atoms with Crippen LogP contribution in [0.25, 0.3) is 10.9 Å². The Labute approximate surface area is 329 Å². The van der Waals surface area contributed by atoms with Crippen molar-refractivity contribution in [2.75, 3.05) is 49.2 Å². The number of amides is 3. The van der Waals surface area contributed by atoms with Gasteiger partial charge < -0.3 is 50.3 Å². The second-order valence-corrected chi connectivity index (χ2v) is 15.3. The number of aryl methyl sites for hydroxylation is 1. The van der Waals surface area contributed by atoms with E-state index >= 15 is 4.39 Å². The quantitative estimate of drug-likeness (QED) is 0.0974. The molecule has 20 nitrogen and oxygen atoms in total. The number of thiazole rings is 1. The Morgan fingerprint density at radius 2 is 1.79 bits per heavy atom. The topological polar surface area (TPSA) is 277 Å². The van der Waals surface area contributed by atoms with Gasteiger partial charge in [0, 0.05) is 61.0 Å². The highest BCUT2D eigenvalue weighted by molar-refractivity contribution is 8.00. The second-order valence-electron chi connectivity index (χ2n) is 13.3. The Kier molecular flexibility index (Phi) is 11.2. The highest BCUT2D eigenvalue weighted by Crippen LogP contribution is 2.40. The van der Waals surface area contributed by atoms with Crippen LogP contribution in [0.3, 0.4) is 0 Å². The van der Waals surface area contributed by atoms with E-state index in [4.69, 9.17) is 15.3 Å². The molecule has 2 aromatic heterocycles. The summed E-state index contributed by atoms with van der Waals surface area (Å²) >= 11 is 2.09. The number of nitrogens with one attached hydrogen (secondary N) is 1. The lowest BCUT2D eigenvalue weighted by Crippen LogP contribution is -2.71. The number of aliphatic carboxylic acids is 2.